The van der Waals surface area contributed by atoms with Crippen LogP contribution in [-0.2, 0) is 12.8 Å². The first-order chi connectivity index (χ1) is 10.7. The lowest BCUT2D eigenvalue weighted by atomic mass is 9.90. The van der Waals surface area contributed by atoms with E-state index in [4.69, 9.17) is 0 Å². The van der Waals surface area contributed by atoms with Gasteiger partial charge in [-0.05, 0) is 61.4 Å². The van der Waals surface area contributed by atoms with Crippen molar-refractivity contribution in [3.63, 3.8) is 0 Å². The van der Waals surface area contributed by atoms with Crippen LogP contribution in [0.2, 0.25) is 0 Å². The van der Waals surface area contributed by atoms with Crippen molar-refractivity contribution >= 4 is 5.91 Å². The molecule has 0 radical (unpaired) electrons. The Hall–Kier alpha value is -2.09. The molecule has 2 aromatic rings. The fraction of sp³-hybridized carbons (Fsp3) is 0.350. The van der Waals surface area contributed by atoms with Crippen LogP contribution in [0.5, 0.6) is 0 Å². The van der Waals surface area contributed by atoms with Crippen LogP contribution in [0.1, 0.15) is 52.9 Å². The smallest absolute Gasteiger partial charge is 0.254 e. The van der Waals surface area contributed by atoms with Crippen molar-refractivity contribution in [1.82, 2.24) is 4.90 Å². The van der Waals surface area contributed by atoms with Crippen molar-refractivity contribution < 1.29 is 4.79 Å². The number of aryl methyl sites for hydroxylation is 2. The largest absolute Gasteiger partial charge is 0.335 e. The van der Waals surface area contributed by atoms with Crippen LogP contribution in [0.15, 0.2) is 48.5 Å². The number of amides is 1. The minimum absolute atomic E-state index is 0.0738. The first-order valence-electron chi connectivity index (χ1n) is 8.10. The van der Waals surface area contributed by atoms with E-state index in [0.29, 0.717) is 0 Å². The first kappa shape index (κ1) is 14.8. The molecule has 2 aromatic carbocycles. The Morgan fingerprint density at radius 1 is 1.00 bits per heavy atom. The fourth-order valence-corrected chi connectivity index (χ4v) is 3.20. The normalized spacial score (nSPS) is 15.0. The molecule has 114 valence electrons. The lowest BCUT2D eigenvalue weighted by Crippen LogP contribution is -2.29. The number of benzene rings is 2. The monoisotopic (exact) mass is 293 g/mol. The zero-order valence-electron chi connectivity index (χ0n) is 13.4. The topological polar surface area (TPSA) is 20.3 Å². The van der Waals surface area contributed by atoms with Crippen LogP contribution in [0.4, 0.5) is 0 Å². The molecular formula is C20H23NO. The van der Waals surface area contributed by atoms with Crippen LogP contribution < -0.4 is 0 Å². The summed E-state index contributed by atoms with van der Waals surface area (Å²) in [6.07, 6.45) is 4.76. The van der Waals surface area contributed by atoms with Crippen molar-refractivity contribution in [1.29, 1.82) is 0 Å². The van der Waals surface area contributed by atoms with Crippen molar-refractivity contribution in [2.75, 3.05) is 7.05 Å². The number of nitrogens with zero attached hydrogens (tertiary/aromatic N) is 1. The van der Waals surface area contributed by atoms with E-state index in [2.05, 4.69) is 31.2 Å². The van der Waals surface area contributed by atoms with Crippen LogP contribution in [-0.4, -0.2) is 17.9 Å². The summed E-state index contributed by atoms with van der Waals surface area (Å²) >= 11 is 0. The molecule has 1 atom stereocenters. The van der Waals surface area contributed by atoms with E-state index in [-0.39, 0.29) is 11.9 Å². The Morgan fingerprint density at radius 2 is 1.68 bits per heavy atom. The SMILES string of the molecule is CC(c1ccccc1)N(C)C(=O)c1ccc2c(c1)CCCC2. The molecule has 0 spiro atoms. The summed E-state index contributed by atoms with van der Waals surface area (Å²) in [4.78, 5) is 14.6. The number of carbonyl (C=O) groups excluding carboxylic acids is 1. The predicted molar refractivity (Wildman–Crippen MR) is 90.0 cm³/mol. The molecular weight excluding hydrogens is 270 g/mol. The van der Waals surface area contributed by atoms with E-state index in [1.54, 1.807) is 0 Å². The van der Waals surface area contributed by atoms with Crippen LogP contribution >= 0.6 is 0 Å². The fourth-order valence-electron chi connectivity index (χ4n) is 3.20. The van der Waals surface area contributed by atoms with Gasteiger partial charge in [-0.15, -0.1) is 0 Å². The van der Waals surface area contributed by atoms with Crippen molar-refractivity contribution in [2.45, 2.75) is 38.6 Å². The molecule has 1 aliphatic carbocycles. The van der Waals surface area contributed by atoms with Crippen LogP contribution in [0.25, 0.3) is 0 Å². The highest BCUT2D eigenvalue weighted by molar-refractivity contribution is 5.94. The lowest BCUT2D eigenvalue weighted by Gasteiger charge is -2.26. The van der Waals surface area contributed by atoms with Crippen molar-refractivity contribution in [3.05, 3.63) is 70.8 Å². The van der Waals surface area contributed by atoms with Gasteiger partial charge < -0.3 is 4.90 Å². The molecule has 1 amide bonds. The average Bonchev–Trinajstić information content (AvgIpc) is 2.60. The highest BCUT2D eigenvalue weighted by Crippen LogP contribution is 2.25. The zero-order chi connectivity index (χ0) is 15.5. The van der Waals surface area contributed by atoms with E-state index in [9.17, 15) is 4.79 Å². The van der Waals surface area contributed by atoms with Crippen LogP contribution in [0, 0.1) is 0 Å². The number of carbonyl (C=O) groups is 1. The third-order valence-corrected chi connectivity index (χ3v) is 4.78. The Balaban J connectivity index is 1.81. The Labute approximate surface area is 132 Å². The van der Waals surface area contributed by atoms with Crippen LogP contribution in [0.3, 0.4) is 0 Å². The Kier molecular flexibility index (Phi) is 4.28. The first-order valence-corrected chi connectivity index (χ1v) is 8.10. The second-order valence-electron chi connectivity index (χ2n) is 6.19. The number of hydrogen-bond acceptors (Lipinski definition) is 1. The molecule has 0 saturated carbocycles. The second kappa shape index (κ2) is 6.35. The van der Waals surface area contributed by atoms with Gasteiger partial charge in [0.05, 0.1) is 6.04 Å². The summed E-state index contributed by atoms with van der Waals surface area (Å²) in [5.74, 6) is 0.102. The van der Waals surface area contributed by atoms with Gasteiger partial charge >= 0.3 is 0 Å². The summed E-state index contributed by atoms with van der Waals surface area (Å²) in [5.41, 5.74) is 4.75. The quantitative estimate of drug-likeness (QED) is 0.821. The van der Waals surface area contributed by atoms with E-state index < -0.39 is 0 Å². The highest BCUT2D eigenvalue weighted by atomic mass is 16.2. The lowest BCUT2D eigenvalue weighted by molar-refractivity contribution is 0.0742. The molecule has 0 bridgehead atoms. The van der Waals surface area contributed by atoms with Gasteiger partial charge in [0.2, 0.25) is 0 Å². The van der Waals surface area contributed by atoms with E-state index in [1.807, 2.05) is 36.2 Å². The third kappa shape index (κ3) is 2.92. The summed E-state index contributed by atoms with van der Waals surface area (Å²) < 4.78 is 0. The molecule has 0 saturated heterocycles. The standard InChI is InChI=1S/C20H23NO/c1-15(16-8-4-3-5-9-16)21(2)20(22)19-13-12-17-10-6-7-11-18(17)14-19/h3-5,8-9,12-15H,6-7,10-11H2,1-2H3. The maximum Gasteiger partial charge on any atom is 0.254 e. The van der Waals surface area contributed by atoms with E-state index in [0.717, 1.165) is 24.0 Å². The maximum absolute atomic E-state index is 12.8. The molecule has 2 heteroatoms. The molecule has 1 unspecified atom stereocenters. The minimum atomic E-state index is 0.0738. The summed E-state index contributed by atoms with van der Waals surface area (Å²) in [5, 5.41) is 0. The summed E-state index contributed by atoms with van der Waals surface area (Å²) in [7, 11) is 1.89. The van der Waals surface area contributed by atoms with Gasteiger partial charge in [0, 0.05) is 12.6 Å². The molecule has 3 rings (SSSR count). The molecule has 0 aromatic heterocycles. The van der Waals surface area contributed by atoms with Gasteiger partial charge in [-0.1, -0.05) is 36.4 Å². The molecule has 2 nitrogen and oxygen atoms in total. The second-order valence-corrected chi connectivity index (χ2v) is 6.19. The minimum Gasteiger partial charge on any atom is -0.335 e. The molecule has 22 heavy (non-hydrogen) atoms. The van der Waals surface area contributed by atoms with Gasteiger partial charge in [-0.2, -0.15) is 0 Å². The number of fused-ring (bicyclic) bond motifs is 1. The van der Waals surface area contributed by atoms with E-state index in [1.165, 1.54) is 24.0 Å². The number of hydrogen-bond donors (Lipinski definition) is 0. The highest BCUT2D eigenvalue weighted by Gasteiger charge is 2.20. The molecule has 0 fully saturated rings. The van der Waals surface area contributed by atoms with Gasteiger partial charge in [0.25, 0.3) is 5.91 Å². The van der Waals surface area contributed by atoms with Crippen molar-refractivity contribution in [3.8, 4) is 0 Å². The molecule has 0 heterocycles. The Bertz CT molecular complexity index is 663. The van der Waals surface area contributed by atoms with Gasteiger partial charge in [-0.25, -0.2) is 0 Å². The van der Waals surface area contributed by atoms with Gasteiger partial charge in [0.1, 0.15) is 0 Å². The van der Waals surface area contributed by atoms with Crippen molar-refractivity contribution in [2.24, 2.45) is 0 Å². The molecule has 1 aliphatic rings. The Morgan fingerprint density at radius 3 is 2.41 bits per heavy atom. The molecule has 0 aliphatic heterocycles. The third-order valence-electron chi connectivity index (χ3n) is 4.78. The van der Waals surface area contributed by atoms with Gasteiger partial charge in [0.15, 0.2) is 0 Å². The van der Waals surface area contributed by atoms with E-state index >= 15 is 0 Å². The zero-order valence-corrected chi connectivity index (χ0v) is 13.4. The summed E-state index contributed by atoms with van der Waals surface area (Å²) in [6.45, 7) is 2.08. The van der Waals surface area contributed by atoms with Gasteiger partial charge in [-0.3, -0.25) is 4.79 Å². The summed E-state index contributed by atoms with van der Waals surface area (Å²) in [6, 6.07) is 16.5. The average molecular weight is 293 g/mol. The number of rotatable bonds is 3. The maximum atomic E-state index is 12.8. The molecule has 0 N–H and O–H groups in total. The predicted octanol–water partition coefficient (Wildman–Crippen LogP) is 4.40.